The van der Waals surface area contributed by atoms with Crippen LogP contribution >= 0.6 is 0 Å². The molecule has 2 aromatic rings. The molecular formula is C24H27NO6. The minimum atomic E-state index is -0.100. The molecule has 1 amide bonds. The van der Waals surface area contributed by atoms with E-state index in [0.717, 1.165) is 36.3 Å². The quantitative estimate of drug-likeness (QED) is 0.656. The van der Waals surface area contributed by atoms with Gasteiger partial charge in [0.15, 0.2) is 35.4 Å². The van der Waals surface area contributed by atoms with Gasteiger partial charge in [-0.25, -0.2) is 0 Å². The van der Waals surface area contributed by atoms with E-state index >= 15 is 0 Å². The van der Waals surface area contributed by atoms with Crippen LogP contribution in [-0.2, 0) is 4.79 Å². The van der Waals surface area contributed by atoms with Crippen molar-refractivity contribution in [1.82, 2.24) is 4.90 Å². The number of carbonyl (C=O) groups is 2. The normalized spacial score (nSPS) is 17.7. The van der Waals surface area contributed by atoms with Crippen molar-refractivity contribution in [2.24, 2.45) is 0 Å². The van der Waals surface area contributed by atoms with Crippen molar-refractivity contribution in [3.8, 4) is 23.0 Å². The van der Waals surface area contributed by atoms with Gasteiger partial charge in [0.05, 0.1) is 26.4 Å². The average molecular weight is 425 g/mol. The van der Waals surface area contributed by atoms with E-state index in [0.29, 0.717) is 36.8 Å². The average Bonchev–Trinajstić information content (AvgIpc) is 3.16. The number of carbonyl (C=O) groups excluding carboxylic acids is 2. The summed E-state index contributed by atoms with van der Waals surface area (Å²) in [5.41, 5.74) is 1.57. The Hall–Kier alpha value is -3.22. The number of rotatable bonds is 6. The number of fused-ring (bicyclic) bond motifs is 1. The third kappa shape index (κ3) is 4.60. The van der Waals surface area contributed by atoms with Gasteiger partial charge in [0, 0.05) is 18.5 Å². The molecule has 1 saturated heterocycles. The fraction of sp³-hybridized carbons (Fsp3) is 0.417. The summed E-state index contributed by atoms with van der Waals surface area (Å²) >= 11 is 0. The van der Waals surface area contributed by atoms with Gasteiger partial charge in [-0.3, -0.25) is 9.59 Å². The second-order valence-electron chi connectivity index (χ2n) is 7.71. The molecule has 2 aliphatic heterocycles. The van der Waals surface area contributed by atoms with E-state index in [-0.39, 0.29) is 24.3 Å². The smallest absolute Gasteiger partial charge is 0.261 e. The molecule has 2 aliphatic rings. The SMILES string of the molecule is COc1cc(C(C)=O)ccc1OCC(=O)N1CCC[C@H]1c1ccc2c(c1)OCCCO2. The molecule has 0 radical (unpaired) electrons. The molecule has 0 saturated carbocycles. The first-order valence-corrected chi connectivity index (χ1v) is 10.6. The standard InChI is InChI=1S/C24H27NO6/c1-16(26)17-6-8-20(22(13-17)28-2)31-15-24(27)25-10-3-5-19(25)18-7-9-21-23(14-18)30-12-4-11-29-21/h6-9,13-14,19H,3-5,10-12,15H2,1-2H3/t19-/m0/s1. The number of ether oxygens (including phenoxy) is 4. The van der Waals surface area contributed by atoms with Gasteiger partial charge in [0.2, 0.25) is 0 Å². The number of nitrogens with zero attached hydrogens (tertiary/aromatic N) is 1. The summed E-state index contributed by atoms with van der Waals surface area (Å²) < 4.78 is 22.6. The zero-order chi connectivity index (χ0) is 21.8. The molecule has 0 bridgehead atoms. The zero-order valence-electron chi connectivity index (χ0n) is 17.9. The number of likely N-dealkylation sites (tertiary alicyclic amines) is 1. The maximum absolute atomic E-state index is 13.0. The van der Waals surface area contributed by atoms with Crippen molar-refractivity contribution in [2.75, 3.05) is 33.5 Å². The van der Waals surface area contributed by atoms with Crippen molar-refractivity contribution in [3.63, 3.8) is 0 Å². The molecule has 2 heterocycles. The van der Waals surface area contributed by atoms with E-state index < -0.39 is 0 Å². The Balaban J connectivity index is 1.45. The van der Waals surface area contributed by atoms with Gasteiger partial charge in [-0.05, 0) is 55.7 Å². The number of Topliss-reactive ketones (excluding diaryl/α,β-unsaturated/α-hetero) is 1. The lowest BCUT2D eigenvalue weighted by atomic mass is 10.0. The molecule has 7 heteroatoms. The molecule has 1 fully saturated rings. The summed E-state index contributed by atoms with van der Waals surface area (Å²) in [7, 11) is 1.51. The molecule has 2 aromatic carbocycles. The zero-order valence-corrected chi connectivity index (χ0v) is 17.9. The molecule has 0 N–H and O–H groups in total. The molecule has 31 heavy (non-hydrogen) atoms. The molecule has 4 rings (SSSR count). The third-order valence-electron chi connectivity index (χ3n) is 5.65. The first-order valence-electron chi connectivity index (χ1n) is 10.6. The number of benzene rings is 2. The Morgan fingerprint density at radius 3 is 2.61 bits per heavy atom. The Morgan fingerprint density at radius 2 is 1.84 bits per heavy atom. The predicted molar refractivity (Wildman–Crippen MR) is 114 cm³/mol. The second-order valence-corrected chi connectivity index (χ2v) is 7.71. The van der Waals surface area contributed by atoms with Crippen molar-refractivity contribution in [3.05, 3.63) is 47.5 Å². The Labute approximate surface area is 181 Å². The summed E-state index contributed by atoms with van der Waals surface area (Å²) in [4.78, 5) is 26.4. The third-order valence-corrected chi connectivity index (χ3v) is 5.65. The fourth-order valence-electron chi connectivity index (χ4n) is 4.03. The lowest BCUT2D eigenvalue weighted by molar-refractivity contribution is -0.134. The van der Waals surface area contributed by atoms with Crippen LogP contribution in [0.15, 0.2) is 36.4 Å². The van der Waals surface area contributed by atoms with Gasteiger partial charge in [-0.15, -0.1) is 0 Å². The summed E-state index contributed by atoms with van der Waals surface area (Å²) in [6, 6.07) is 10.9. The highest BCUT2D eigenvalue weighted by molar-refractivity contribution is 5.94. The number of methoxy groups -OCH3 is 1. The molecule has 0 aliphatic carbocycles. The molecule has 0 aromatic heterocycles. The number of amides is 1. The molecule has 7 nitrogen and oxygen atoms in total. The van der Waals surface area contributed by atoms with Gasteiger partial charge in [0.1, 0.15) is 0 Å². The van der Waals surface area contributed by atoms with Crippen LogP contribution in [-0.4, -0.2) is 50.1 Å². The molecule has 1 atom stereocenters. The summed E-state index contributed by atoms with van der Waals surface area (Å²) in [6.45, 7) is 3.35. The van der Waals surface area contributed by atoms with Crippen LogP contribution in [0.3, 0.4) is 0 Å². The maximum Gasteiger partial charge on any atom is 0.261 e. The second kappa shape index (κ2) is 9.29. The first-order chi connectivity index (χ1) is 15.1. The van der Waals surface area contributed by atoms with Crippen LogP contribution in [0.5, 0.6) is 23.0 Å². The van der Waals surface area contributed by atoms with E-state index in [1.54, 1.807) is 18.2 Å². The van der Waals surface area contributed by atoms with Gasteiger partial charge < -0.3 is 23.8 Å². The Morgan fingerprint density at radius 1 is 1.03 bits per heavy atom. The van der Waals surface area contributed by atoms with Crippen molar-refractivity contribution in [1.29, 1.82) is 0 Å². The highest BCUT2D eigenvalue weighted by atomic mass is 16.5. The van der Waals surface area contributed by atoms with Crippen LogP contribution in [0.25, 0.3) is 0 Å². The highest BCUT2D eigenvalue weighted by Crippen LogP contribution is 2.38. The lowest BCUT2D eigenvalue weighted by Gasteiger charge is -2.26. The van der Waals surface area contributed by atoms with Gasteiger partial charge >= 0.3 is 0 Å². The number of ketones is 1. The number of hydrogen-bond donors (Lipinski definition) is 0. The summed E-state index contributed by atoms with van der Waals surface area (Å²) in [5, 5.41) is 0. The molecule has 0 unspecified atom stereocenters. The Kier molecular flexibility index (Phi) is 6.30. The monoisotopic (exact) mass is 425 g/mol. The van der Waals surface area contributed by atoms with E-state index in [9.17, 15) is 9.59 Å². The maximum atomic E-state index is 13.0. The minimum absolute atomic E-state index is 0.0183. The van der Waals surface area contributed by atoms with Crippen molar-refractivity contribution >= 4 is 11.7 Å². The van der Waals surface area contributed by atoms with E-state index in [1.165, 1.54) is 14.0 Å². The predicted octanol–water partition coefficient (Wildman–Crippen LogP) is 3.80. The van der Waals surface area contributed by atoms with E-state index in [2.05, 4.69) is 0 Å². The largest absolute Gasteiger partial charge is 0.493 e. The van der Waals surface area contributed by atoms with Gasteiger partial charge in [-0.1, -0.05) is 6.07 Å². The van der Waals surface area contributed by atoms with Crippen LogP contribution in [0.2, 0.25) is 0 Å². The molecular weight excluding hydrogens is 398 g/mol. The first kappa shape index (κ1) is 21.0. The van der Waals surface area contributed by atoms with Gasteiger partial charge in [0.25, 0.3) is 5.91 Å². The van der Waals surface area contributed by atoms with Crippen LogP contribution in [0.1, 0.15) is 48.1 Å². The van der Waals surface area contributed by atoms with Crippen molar-refractivity contribution < 1.29 is 28.5 Å². The van der Waals surface area contributed by atoms with Crippen LogP contribution in [0.4, 0.5) is 0 Å². The van der Waals surface area contributed by atoms with E-state index in [4.69, 9.17) is 18.9 Å². The van der Waals surface area contributed by atoms with Crippen LogP contribution < -0.4 is 18.9 Å². The summed E-state index contributed by atoms with van der Waals surface area (Å²) in [6.07, 6.45) is 2.68. The Bertz CT molecular complexity index is 973. The highest BCUT2D eigenvalue weighted by Gasteiger charge is 2.31. The van der Waals surface area contributed by atoms with Crippen molar-refractivity contribution in [2.45, 2.75) is 32.2 Å². The number of hydrogen-bond acceptors (Lipinski definition) is 6. The molecule has 0 spiro atoms. The van der Waals surface area contributed by atoms with Crippen LogP contribution in [0, 0.1) is 0 Å². The van der Waals surface area contributed by atoms with Gasteiger partial charge in [-0.2, -0.15) is 0 Å². The lowest BCUT2D eigenvalue weighted by Crippen LogP contribution is -2.34. The minimum Gasteiger partial charge on any atom is -0.493 e. The molecule has 164 valence electrons. The van der Waals surface area contributed by atoms with E-state index in [1.807, 2.05) is 23.1 Å². The summed E-state index contributed by atoms with van der Waals surface area (Å²) in [5.74, 6) is 2.21. The fourth-order valence-corrected chi connectivity index (χ4v) is 4.03. The topological polar surface area (TPSA) is 74.3 Å².